The van der Waals surface area contributed by atoms with Gasteiger partial charge in [0.2, 0.25) is 0 Å². The normalized spacial score (nSPS) is 16.6. The van der Waals surface area contributed by atoms with Gasteiger partial charge in [-0.3, -0.25) is 0 Å². The second-order valence-electron chi connectivity index (χ2n) is 7.81. The number of pyridine rings is 1. The number of para-hydroxylation sites is 1. The second-order valence-corrected chi connectivity index (χ2v) is 7.81. The first-order valence-corrected chi connectivity index (χ1v) is 10.1. The largest absolute Gasteiger partial charge is 0.490 e. The molecular formula is C22H25FN4O3. The van der Waals surface area contributed by atoms with Crippen LogP contribution in [0.25, 0.3) is 16.7 Å². The molecule has 8 heteroatoms. The van der Waals surface area contributed by atoms with Crippen LogP contribution in [0, 0.1) is 12.8 Å². The second kappa shape index (κ2) is 8.39. The molecule has 0 bridgehead atoms. The smallest absolute Gasteiger partial charge is 0.354 e. The molecule has 1 saturated heterocycles. The van der Waals surface area contributed by atoms with Gasteiger partial charge in [-0.25, -0.2) is 18.9 Å². The number of fused-ring (bicyclic) bond motifs is 1. The molecule has 1 atom stereocenters. The zero-order valence-corrected chi connectivity index (χ0v) is 17.1. The molecule has 7 nitrogen and oxygen atoms in total. The van der Waals surface area contributed by atoms with Crippen LogP contribution < -0.4 is 4.74 Å². The van der Waals surface area contributed by atoms with Gasteiger partial charge in [0, 0.05) is 6.07 Å². The molecule has 2 aromatic heterocycles. The van der Waals surface area contributed by atoms with Crippen molar-refractivity contribution in [2.45, 2.75) is 25.9 Å². The molecule has 3 heterocycles. The van der Waals surface area contributed by atoms with E-state index in [4.69, 9.17) is 4.74 Å². The van der Waals surface area contributed by atoms with Crippen LogP contribution in [-0.2, 0) is 0 Å². The van der Waals surface area contributed by atoms with Gasteiger partial charge in [0.05, 0.1) is 16.8 Å². The molecule has 0 radical (unpaired) electrons. The van der Waals surface area contributed by atoms with Crippen molar-refractivity contribution < 1.29 is 19.0 Å². The lowest BCUT2D eigenvalue weighted by atomic mass is 9.93. The summed E-state index contributed by atoms with van der Waals surface area (Å²) in [4.78, 5) is 18.1. The fourth-order valence-electron chi connectivity index (χ4n) is 3.92. The summed E-state index contributed by atoms with van der Waals surface area (Å²) in [6, 6.07) is 10.7. The molecule has 1 aromatic carbocycles. The van der Waals surface area contributed by atoms with E-state index in [0.29, 0.717) is 22.5 Å². The standard InChI is InChI=1S/C22H25FN4O3/c1-14-20-19(30-13-17(23)15-8-10-26(2)11-9-15)12-18(22(28)29)24-21(20)27(25-14)16-6-4-3-5-7-16/h3-7,12,15,17H,8-11,13H2,1-2H3,(H,28,29)/t17-/m1/s1. The van der Waals surface area contributed by atoms with E-state index in [1.165, 1.54) is 6.07 Å². The van der Waals surface area contributed by atoms with E-state index in [0.717, 1.165) is 31.6 Å². The van der Waals surface area contributed by atoms with Gasteiger partial charge >= 0.3 is 5.97 Å². The van der Waals surface area contributed by atoms with Crippen molar-refractivity contribution in [1.82, 2.24) is 19.7 Å². The van der Waals surface area contributed by atoms with Crippen LogP contribution in [0.5, 0.6) is 5.75 Å². The molecule has 0 spiro atoms. The lowest BCUT2D eigenvalue weighted by molar-refractivity contribution is 0.0689. The lowest BCUT2D eigenvalue weighted by Gasteiger charge is -2.30. The number of alkyl halides is 1. The number of aromatic nitrogens is 3. The lowest BCUT2D eigenvalue weighted by Crippen LogP contribution is -2.36. The number of carbonyl (C=O) groups is 1. The zero-order chi connectivity index (χ0) is 21.3. The Morgan fingerprint density at radius 2 is 2.00 bits per heavy atom. The fraction of sp³-hybridized carbons (Fsp3) is 0.409. The Morgan fingerprint density at radius 1 is 1.30 bits per heavy atom. The highest BCUT2D eigenvalue weighted by molar-refractivity contribution is 5.93. The van der Waals surface area contributed by atoms with Crippen molar-refractivity contribution in [1.29, 1.82) is 0 Å². The maximum atomic E-state index is 14.8. The Morgan fingerprint density at radius 3 is 2.67 bits per heavy atom. The summed E-state index contributed by atoms with van der Waals surface area (Å²) >= 11 is 0. The molecule has 3 aromatic rings. The number of ether oxygens (including phenoxy) is 1. The van der Waals surface area contributed by atoms with Gasteiger partial charge in [-0.05, 0) is 58.0 Å². The van der Waals surface area contributed by atoms with E-state index >= 15 is 0 Å². The Kier molecular flexibility index (Phi) is 5.67. The monoisotopic (exact) mass is 412 g/mol. The first kappa shape index (κ1) is 20.3. The van der Waals surface area contributed by atoms with Crippen LogP contribution in [-0.4, -0.2) is 63.7 Å². The number of halogens is 1. The number of benzene rings is 1. The van der Waals surface area contributed by atoms with Crippen LogP contribution in [0.3, 0.4) is 0 Å². The number of rotatable bonds is 6. The maximum absolute atomic E-state index is 14.8. The number of carboxylic acids is 1. The maximum Gasteiger partial charge on any atom is 0.354 e. The highest BCUT2D eigenvalue weighted by atomic mass is 19.1. The summed E-state index contributed by atoms with van der Waals surface area (Å²) in [6.07, 6.45) is 0.468. The molecule has 30 heavy (non-hydrogen) atoms. The summed E-state index contributed by atoms with van der Waals surface area (Å²) in [7, 11) is 2.04. The quantitative estimate of drug-likeness (QED) is 0.668. The van der Waals surface area contributed by atoms with Crippen molar-refractivity contribution in [3.63, 3.8) is 0 Å². The number of aromatic carboxylic acids is 1. The first-order chi connectivity index (χ1) is 14.4. The number of piperidine rings is 1. The van der Waals surface area contributed by atoms with E-state index in [9.17, 15) is 14.3 Å². The van der Waals surface area contributed by atoms with E-state index in [-0.39, 0.29) is 18.2 Å². The molecule has 158 valence electrons. The van der Waals surface area contributed by atoms with Gasteiger partial charge in [0.1, 0.15) is 18.5 Å². The van der Waals surface area contributed by atoms with E-state index < -0.39 is 12.1 Å². The molecule has 1 N–H and O–H groups in total. The van der Waals surface area contributed by atoms with Crippen molar-refractivity contribution in [3.05, 3.63) is 47.8 Å². The molecule has 1 aliphatic rings. The van der Waals surface area contributed by atoms with Gasteiger partial charge in [0.25, 0.3) is 0 Å². The van der Waals surface area contributed by atoms with Crippen molar-refractivity contribution in [2.24, 2.45) is 5.92 Å². The predicted molar refractivity (Wildman–Crippen MR) is 111 cm³/mol. The molecule has 1 aliphatic heterocycles. The average Bonchev–Trinajstić information content (AvgIpc) is 3.09. The van der Waals surface area contributed by atoms with Crippen LogP contribution >= 0.6 is 0 Å². The Labute approximate surface area is 174 Å². The predicted octanol–water partition coefficient (Wildman–Crippen LogP) is 3.49. The van der Waals surface area contributed by atoms with E-state index in [1.54, 1.807) is 11.6 Å². The fourth-order valence-corrected chi connectivity index (χ4v) is 3.92. The topological polar surface area (TPSA) is 80.5 Å². The van der Waals surface area contributed by atoms with Crippen LogP contribution in [0.4, 0.5) is 4.39 Å². The first-order valence-electron chi connectivity index (χ1n) is 10.1. The van der Waals surface area contributed by atoms with Crippen molar-refractivity contribution in [2.75, 3.05) is 26.7 Å². The minimum atomic E-state index is -1.17. The highest BCUT2D eigenvalue weighted by Crippen LogP contribution is 2.31. The number of hydrogen-bond acceptors (Lipinski definition) is 5. The van der Waals surface area contributed by atoms with Crippen molar-refractivity contribution in [3.8, 4) is 11.4 Å². The summed E-state index contributed by atoms with van der Waals surface area (Å²) in [5.74, 6) is -0.925. The van der Waals surface area contributed by atoms with Crippen LogP contribution in [0.15, 0.2) is 36.4 Å². The number of likely N-dealkylation sites (tertiary alicyclic amines) is 1. The van der Waals surface area contributed by atoms with Gasteiger partial charge in [-0.1, -0.05) is 18.2 Å². The van der Waals surface area contributed by atoms with Crippen LogP contribution in [0.1, 0.15) is 29.0 Å². The van der Waals surface area contributed by atoms with Crippen molar-refractivity contribution >= 4 is 17.0 Å². The minimum Gasteiger partial charge on any atom is -0.490 e. The Balaban J connectivity index is 1.67. The zero-order valence-electron chi connectivity index (χ0n) is 17.1. The molecular weight excluding hydrogens is 387 g/mol. The summed E-state index contributed by atoms with van der Waals surface area (Å²) in [5.41, 5.74) is 1.61. The van der Waals surface area contributed by atoms with Crippen LogP contribution in [0.2, 0.25) is 0 Å². The number of nitrogens with zero attached hydrogens (tertiary/aromatic N) is 4. The molecule has 1 fully saturated rings. The molecule has 4 rings (SSSR count). The average molecular weight is 412 g/mol. The minimum absolute atomic E-state index is 0.0504. The number of carboxylic acid groups (broad SMARTS) is 1. The number of hydrogen-bond donors (Lipinski definition) is 1. The van der Waals surface area contributed by atoms with Gasteiger partial charge in [-0.15, -0.1) is 0 Å². The SMILES string of the molecule is Cc1nn(-c2ccccc2)c2nc(C(=O)O)cc(OC[C@@H](F)C3CCN(C)CC3)c12. The third kappa shape index (κ3) is 4.00. The summed E-state index contributed by atoms with van der Waals surface area (Å²) in [6.45, 7) is 3.43. The van der Waals surface area contributed by atoms with Gasteiger partial charge in [-0.2, -0.15) is 5.10 Å². The molecule has 0 amide bonds. The van der Waals surface area contributed by atoms with Gasteiger partial charge < -0.3 is 14.7 Å². The van der Waals surface area contributed by atoms with Gasteiger partial charge in [0.15, 0.2) is 11.3 Å². The van der Waals surface area contributed by atoms with E-state index in [2.05, 4.69) is 15.0 Å². The number of aryl methyl sites for hydroxylation is 1. The highest BCUT2D eigenvalue weighted by Gasteiger charge is 2.27. The Hall–Kier alpha value is -3.00. The summed E-state index contributed by atoms with van der Waals surface area (Å²) in [5, 5.41) is 14.6. The Bertz CT molecular complexity index is 1050. The summed E-state index contributed by atoms with van der Waals surface area (Å²) < 4.78 is 22.3. The molecule has 0 saturated carbocycles. The third-order valence-electron chi connectivity index (χ3n) is 5.67. The molecule has 0 unspecified atom stereocenters. The molecule has 0 aliphatic carbocycles. The third-order valence-corrected chi connectivity index (χ3v) is 5.67. The van der Waals surface area contributed by atoms with E-state index in [1.807, 2.05) is 37.4 Å².